The highest BCUT2D eigenvalue weighted by atomic mass is 15.2. The minimum absolute atomic E-state index is 0.626. The monoisotopic (exact) mass is 212 g/mol. The lowest BCUT2D eigenvalue weighted by Gasteiger charge is -2.24. The Morgan fingerprint density at radius 3 is 2.67 bits per heavy atom. The largest absolute Gasteiger partial charge is 0.310 e. The zero-order valence-corrected chi connectivity index (χ0v) is 10.9. The van der Waals surface area contributed by atoms with E-state index in [-0.39, 0.29) is 0 Å². The van der Waals surface area contributed by atoms with Gasteiger partial charge in [-0.2, -0.15) is 0 Å². The van der Waals surface area contributed by atoms with Crippen LogP contribution in [0, 0.1) is 0 Å². The van der Waals surface area contributed by atoms with Gasteiger partial charge < -0.3 is 5.32 Å². The maximum atomic E-state index is 3.64. The van der Waals surface area contributed by atoms with Gasteiger partial charge in [0.1, 0.15) is 0 Å². The summed E-state index contributed by atoms with van der Waals surface area (Å²) in [4.78, 5) is 2.65. The molecule has 0 aromatic carbocycles. The Labute approximate surface area is 95.4 Å². The lowest BCUT2D eigenvalue weighted by molar-refractivity contribution is 0.236. The van der Waals surface area contributed by atoms with Crippen LogP contribution in [0.5, 0.6) is 0 Å². The van der Waals surface area contributed by atoms with Crippen LogP contribution in [-0.2, 0) is 0 Å². The van der Waals surface area contributed by atoms with Crippen molar-refractivity contribution in [1.29, 1.82) is 0 Å². The predicted molar refractivity (Wildman–Crippen MR) is 67.2 cm³/mol. The van der Waals surface area contributed by atoms with Crippen molar-refractivity contribution in [3.05, 3.63) is 0 Å². The van der Waals surface area contributed by atoms with E-state index in [9.17, 15) is 0 Å². The second-order valence-corrected chi connectivity index (χ2v) is 5.29. The van der Waals surface area contributed by atoms with Gasteiger partial charge in [0, 0.05) is 31.2 Å². The van der Waals surface area contributed by atoms with Crippen molar-refractivity contribution in [3.63, 3.8) is 0 Å². The number of likely N-dealkylation sites (tertiary alicyclic amines) is 1. The summed E-state index contributed by atoms with van der Waals surface area (Å²) in [7, 11) is 0. The summed E-state index contributed by atoms with van der Waals surface area (Å²) in [6, 6.07) is 2.14. The molecule has 0 spiro atoms. The van der Waals surface area contributed by atoms with Crippen LogP contribution in [0.2, 0.25) is 0 Å². The van der Waals surface area contributed by atoms with E-state index in [1.54, 1.807) is 0 Å². The van der Waals surface area contributed by atoms with Crippen LogP contribution >= 0.6 is 0 Å². The molecule has 1 heterocycles. The number of hydrogen-bond acceptors (Lipinski definition) is 2. The van der Waals surface area contributed by atoms with Crippen molar-refractivity contribution in [3.8, 4) is 0 Å². The molecule has 90 valence electrons. The molecule has 0 radical (unpaired) electrons. The summed E-state index contributed by atoms with van der Waals surface area (Å²) in [5.41, 5.74) is 0. The van der Waals surface area contributed by atoms with Crippen LogP contribution < -0.4 is 5.32 Å². The molecule has 2 atom stereocenters. The fraction of sp³-hybridized carbons (Fsp3) is 1.00. The molecule has 2 heteroatoms. The summed E-state index contributed by atoms with van der Waals surface area (Å²) in [5, 5.41) is 3.64. The number of nitrogens with one attached hydrogen (secondary N) is 1. The van der Waals surface area contributed by atoms with Crippen molar-refractivity contribution < 1.29 is 0 Å². The molecule has 15 heavy (non-hydrogen) atoms. The van der Waals surface area contributed by atoms with Crippen molar-refractivity contribution in [2.45, 2.75) is 71.5 Å². The SMILES string of the molecule is CCCCC(C)N1CCC(NC(C)C)C1. The van der Waals surface area contributed by atoms with E-state index in [0.717, 1.165) is 12.1 Å². The molecule has 1 N–H and O–H groups in total. The number of rotatable bonds is 6. The first-order valence-electron chi connectivity index (χ1n) is 6.63. The maximum Gasteiger partial charge on any atom is 0.0209 e. The van der Waals surface area contributed by atoms with Gasteiger partial charge in [-0.25, -0.2) is 0 Å². The fourth-order valence-corrected chi connectivity index (χ4v) is 2.48. The minimum atomic E-state index is 0.626. The van der Waals surface area contributed by atoms with Gasteiger partial charge in [0.15, 0.2) is 0 Å². The van der Waals surface area contributed by atoms with E-state index in [2.05, 4.69) is 37.9 Å². The van der Waals surface area contributed by atoms with Crippen LogP contribution in [0.15, 0.2) is 0 Å². The predicted octanol–water partition coefficient (Wildman–Crippen LogP) is 2.64. The zero-order chi connectivity index (χ0) is 11.3. The van der Waals surface area contributed by atoms with E-state index in [1.807, 2.05) is 0 Å². The van der Waals surface area contributed by atoms with Gasteiger partial charge in [0.2, 0.25) is 0 Å². The molecular formula is C13H28N2. The van der Waals surface area contributed by atoms with E-state index in [4.69, 9.17) is 0 Å². The van der Waals surface area contributed by atoms with Crippen molar-refractivity contribution >= 4 is 0 Å². The maximum absolute atomic E-state index is 3.64. The van der Waals surface area contributed by atoms with Crippen LogP contribution in [0.25, 0.3) is 0 Å². The van der Waals surface area contributed by atoms with Gasteiger partial charge in [-0.05, 0) is 19.8 Å². The summed E-state index contributed by atoms with van der Waals surface area (Å²) >= 11 is 0. The number of nitrogens with zero attached hydrogens (tertiary/aromatic N) is 1. The summed E-state index contributed by atoms with van der Waals surface area (Å²) in [6.07, 6.45) is 5.39. The molecule has 1 fully saturated rings. The topological polar surface area (TPSA) is 15.3 Å². The summed E-state index contributed by atoms with van der Waals surface area (Å²) in [6.45, 7) is 11.7. The Bertz CT molecular complexity index is 168. The van der Waals surface area contributed by atoms with Gasteiger partial charge in [-0.1, -0.05) is 33.6 Å². The van der Waals surface area contributed by atoms with Crippen LogP contribution in [0.3, 0.4) is 0 Å². The van der Waals surface area contributed by atoms with Gasteiger partial charge in [-0.15, -0.1) is 0 Å². The van der Waals surface area contributed by atoms with Crippen molar-refractivity contribution in [2.75, 3.05) is 13.1 Å². The Kier molecular flexibility index (Phi) is 5.62. The standard InChI is InChI=1S/C13H28N2/c1-5-6-7-12(4)15-9-8-13(10-15)14-11(2)3/h11-14H,5-10H2,1-4H3. The third kappa shape index (κ3) is 4.52. The molecule has 1 aliphatic rings. The molecule has 0 saturated carbocycles. The van der Waals surface area contributed by atoms with Crippen molar-refractivity contribution in [2.24, 2.45) is 0 Å². The van der Waals surface area contributed by atoms with Gasteiger partial charge >= 0.3 is 0 Å². The highest BCUT2D eigenvalue weighted by Gasteiger charge is 2.25. The second kappa shape index (κ2) is 6.49. The van der Waals surface area contributed by atoms with Gasteiger partial charge in [0.25, 0.3) is 0 Å². The lowest BCUT2D eigenvalue weighted by Crippen LogP contribution is -2.39. The molecule has 2 unspecified atom stereocenters. The minimum Gasteiger partial charge on any atom is -0.310 e. The average Bonchev–Trinajstić information content (AvgIpc) is 2.61. The molecule has 0 aromatic rings. The quantitative estimate of drug-likeness (QED) is 0.728. The van der Waals surface area contributed by atoms with E-state index in [0.29, 0.717) is 6.04 Å². The smallest absolute Gasteiger partial charge is 0.0209 e. The molecule has 1 rings (SSSR count). The second-order valence-electron chi connectivity index (χ2n) is 5.29. The molecule has 0 aliphatic carbocycles. The zero-order valence-electron chi connectivity index (χ0n) is 10.9. The Morgan fingerprint density at radius 2 is 2.07 bits per heavy atom. The van der Waals surface area contributed by atoms with Crippen molar-refractivity contribution in [1.82, 2.24) is 10.2 Å². The molecule has 1 saturated heterocycles. The molecule has 1 aliphatic heterocycles. The first-order chi connectivity index (χ1) is 7.13. The van der Waals surface area contributed by atoms with Gasteiger partial charge in [-0.3, -0.25) is 4.90 Å². The first-order valence-corrected chi connectivity index (χ1v) is 6.63. The summed E-state index contributed by atoms with van der Waals surface area (Å²) in [5.74, 6) is 0. The van der Waals surface area contributed by atoms with Gasteiger partial charge in [0.05, 0.1) is 0 Å². The lowest BCUT2D eigenvalue weighted by atomic mass is 10.1. The van der Waals surface area contributed by atoms with E-state index >= 15 is 0 Å². The van der Waals surface area contributed by atoms with Crippen LogP contribution in [0.4, 0.5) is 0 Å². The normalized spacial score (nSPS) is 25.0. The number of hydrogen-bond donors (Lipinski definition) is 1. The van der Waals surface area contributed by atoms with E-state index in [1.165, 1.54) is 38.8 Å². The third-order valence-electron chi connectivity index (χ3n) is 3.39. The Balaban J connectivity index is 2.22. The average molecular weight is 212 g/mol. The highest BCUT2D eigenvalue weighted by Crippen LogP contribution is 2.16. The molecule has 0 amide bonds. The molecule has 0 aromatic heterocycles. The Hall–Kier alpha value is -0.0800. The first kappa shape index (κ1) is 13.0. The highest BCUT2D eigenvalue weighted by molar-refractivity contribution is 4.84. The van der Waals surface area contributed by atoms with Crippen LogP contribution in [0.1, 0.15) is 53.4 Å². The molecule has 2 nitrogen and oxygen atoms in total. The molecule has 0 bridgehead atoms. The van der Waals surface area contributed by atoms with Crippen LogP contribution in [-0.4, -0.2) is 36.1 Å². The van der Waals surface area contributed by atoms with E-state index < -0.39 is 0 Å². The fourth-order valence-electron chi connectivity index (χ4n) is 2.48. The third-order valence-corrected chi connectivity index (χ3v) is 3.39. The Morgan fingerprint density at radius 1 is 1.33 bits per heavy atom. The number of unbranched alkanes of at least 4 members (excludes halogenated alkanes) is 1. The molecular weight excluding hydrogens is 184 g/mol. The summed E-state index contributed by atoms with van der Waals surface area (Å²) < 4.78 is 0.